The van der Waals surface area contributed by atoms with E-state index < -0.39 is 0 Å². The Hall–Kier alpha value is -1.10. The summed E-state index contributed by atoms with van der Waals surface area (Å²) in [4.78, 5) is 10.3. The molecule has 0 aliphatic carbocycles. The molecule has 0 spiro atoms. The van der Waals surface area contributed by atoms with Gasteiger partial charge in [0.25, 0.3) is 5.69 Å². The molecule has 0 amide bonds. The van der Waals surface area contributed by atoms with E-state index in [4.69, 9.17) is 0 Å². The van der Waals surface area contributed by atoms with Crippen LogP contribution < -0.4 is 5.32 Å². The van der Waals surface area contributed by atoms with Gasteiger partial charge in [0.1, 0.15) is 0 Å². The van der Waals surface area contributed by atoms with Crippen LogP contribution in [0.4, 0.5) is 11.4 Å². The van der Waals surface area contributed by atoms with E-state index in [1.165, 1.54) is 6.07 Å². The Morgan fingerprint density at radius 1 is 1.47 bits per heavy atom. The molecule has 1 aromatic carbocycles. The highest BCUT2D eigenvalue weighted by atomic mass is 79.9. The quantitative estimate of drug-likeness (QED) is 0.655. The Bertz CT molecular complexity index is 409. The molecule has 1 rings (SSSR count). The number of halogens is 1. The third-order valence-electron chi connectivity index (χ3n) is 3.04. The van der Waals surface area contributed by atoms with E-state index in [0.29, 0.717) is 5.92 Å². The van der Waals surface area contributed by atoms with Crippen molar-refractivity contribution >= 4 is 27.3 Å². The maximum absolute atomic E-state index is 10.7. The maximum atomic E-state index is 10.7. The van der Waals surface area contributed by atoms with Gasteiger partial charge in [0.2, 0.25) is 0 Å². The van der Waals surface area contributed by atoms with Crippen molar-refractivity contribution < 1.29 is 4.92 Å². The number of hydrogen-bond donors (Lipinski definition) is 1. The minimum Gasteiger partial charge on any atom is -0.381 e. The van der Waals surface area contributed by atoms with Crippen LogP contribution in [-0.4, -0.2) is 11.0 Å². The Morgan fingerprint density at radius 2 is 2.12 bits per heavy atom. The van der Waals surface area contributed by atoms with E-state index in [1.54, 1.807) is 12.1 Å². The van der Waals surface area contributed by atoms with Crippen molar-refractivity contribution in [3.05, 3.63) is 32.8 Å². The van der Waals surface area contributed by atoms with Gasteiger partial charge in [-0.05, 0) is 34.8 Å². The van der Waals surface area contributed by atoms with Gasteiger partial charge in [-0.2, -0.15) is 0 Å². The van der Waals surface area contributed by atoms with Gasteiger partial charge in [-0.3, -0.25) is 10.1 Å². The first-order valence-corrected chi connectivity index (χ1v) is 6.45. The second-order valence-corrected chi connectivity index (χ2v) is 5.09. The van der Waals surface area contributed by atoms with Gasteiger partial charge in [-0.25, -0.2) is 0 Å². The predicted molar refractivity (Wildman–Crippen MR) is 73.3 cm³/mol. The minimum atomic E-state index is -0.383. The van der Waals surface area contributed by atoms with Crippen molar-refractivity contribution in [2.45, 2.75) is 33.2 Å². The van der Waals surface area contributed by atoms with Gasteiger partial charge >= 0.3 is 0 Å². The van der Waals surface area contributed by atoms with Crippen LogP contribution in [0.5, 0.6) is 0 Å². The largest absolute Gasteiger partial charge is 0.381 e. The highest BCUT2D eigenvalue weighted by Gasteiger charge is 2.14. The van der Waals surface area contributed by atoms with Crippen LogP contribution in [0.25, 0.3) is 0 Å². The van der Waals surface area contributed by atoms with Crippen LogP contribution in [-0.2, 0) is 0 Å². The summed E-state index contributed by atoms with van der Waals surface area (Å²) in [5, 5.41) is 14.0. The summed E-state index contributed by atoms with van der Waals surface area (Å²) >= 11 is 3.39. The Balaban J connectivity index is 2.89. The number of benzene rings is 1. The molecule has 0 aliphatic rings. The molecule has 0 saturated heterocycles. The number of non-ortho nitro benzene ring substituents is 1. The van der Waals surface area contributed by atoms with Crippen LogP contribution in [0.3, 0.4) is 0 Å². The zero-order chi connectivity index (χ0) is 13.0. The maximum Gasteiger partial charge on any atom is 0.271 e. The molecule has 0 fully saturated rings. The van der Waals surface area contributed by atoms with Crippen molar-refractivity contribution in [2.24, 2.45) is 5.92 Å². The fourth-order valence-corrected chi connectivity index (χ4v) is 1.84. The summed E-state index contributed by atoms with van der Waals surface area (Å²) in [6.45, 7) is 6.37. The molecule has 0 bridgehead atoms. The molecule has 2 unspecified atom stereocenters. The second kappa shape index (κ2) is 6.00. The Labute approximate surface area is 110 Å². The molecule has 4 nitrogen and oxygen atoms in total. The van der Waals surface area contributed by atoms with Gasteiger partial charge in [0, 0.05) is 22.6 Å². The van der Waals surface area contributed by atoms with Gasteiger partial charge in [-0.1, -0.05) is 20.3 Å². The lowest BCUT2D eigenvalue weighted by Gasteiger charge is -2.21. The lowest BCUT2D eigenvalue weighted by atomic mass is 10.0. The number of hydrogen-bond acceptors (Lipinski definition) is 3. The first kappa shape index (κ1) is 14.0. The fourth-order valence-electron chi connectivity index (χ4n) is 1.48. The zero-order valence-electron chi connectivity index (χ0n) is 10.2. The number of anilines is 1. The normalized spacial score (nSPS) is 14.1. The monoisotopic (exact) mass is 300 g/mol. The third-order valence-corrected chi connectivity index (χ3v) is 3.73. The smallest absolute Gasteiger partial charge is 0.271 e. The van der Waals surface area contributed by atoms with E-state index >= 15 is 0 Å². The SMILES string of the molecule is CCC(C)C(C)Nc1cc([N+](=O)[O-])ccc1Br. The first-order valence-electron chi connectivity index (χ1n) is 5.66. The molecule has 0 saturated carbocycles. The van der Waals surface area contributed by atoms with Crippen LogP contribution in [0.2, 0.25) is 0 Å². The lowest BCUT2D eigenvalue weighted by Crippen LogP contribution is -2.23. The molecule has 0 radical (unpaired) electrons. The predicted octanol–water partition coefficient (Wildman–Crippen LogP) is 4.20. The van der Waals surface area contributed by atoms with E-state index in [-0.39, 0.29) is 16.7 Å². The summed E-state index contributed by atoms with van der Waals surface area (Å²) in [5.74, 6) is 0.515. The summed E-state index contributed by atoms with van der Waals surface area (Å²) in [6.07, 6.45) is 1.07. The molecule has 1 aromatic rings. The van der Waals surface area contributed by atoms with Crippen LogP contribution >= 0.6 is 15.9 Å². The summed E-state index contributed by atoms with van der Waals surface area (Å²) in [5.41, 5.74) is 0.874. The van der Waals surface area contributed by atoms with Crippen LogP contribution in [0, 0.1) is 16.0 Å². The highest BCUT2D eigenvalue weighted by Crippen LogP contribution is 2.28. The molecule has 0 aromatic heterocycles. The number of rotatable bonds is 5. The van der Waals surface area contributed by atoms with Gasteiger partial charge in [-0.15, -0.1) is 0 Å². The van der Waals surface area contributed by atoms with Gasteiger partial charge < -0.3 is 5.32 Å². The highest BCUT2D eigenvalue weighted by molar-refractivity contribution is 9.10. The summed E-state index contributed by atoms with van der Waals surface area (Å²) < 4.78 is 0.846. The Kier molecular flexibility index (Phi) is 4.93. The number of nitro groups is 1. The molecule has 17 heavy (non-hydrogen) atoms. The van der Waals surface area contributed by atoms with Crippen LogP contribution in [0.15, 0.2) is 22.7 Å². The fraction of sp³-hybridized carbons (Fsp3) is 0.500. The van der Waals surface area contributed by atoms with Crippen LogP contribution in [0.1, 0.15) is 27.2 Å². The molecule has 2 atom stereocenters. The van der Waals surface area contributed by atoms with Crippen molar-refractivity contribution in [3.63, 3.8) is 0 Å². The van der Waals surface area contributed by atoms with Crippen molar-refractivity contribution in [3.8, 4) is 0 Å². The molecule has 0 heterocycles. The number of nitrogens with one attached hydrogen (secondary N) is 1. The molecule has 0 aliphatic heterocycles. The van der Waals surface area contributed by atoms with Gasteiger partial charge in [0.05, 0.1) is 10.6 Å². The molecule has 1 N–H and O–H groups in total. The molecule has 5 heteroatoms. The second-order valence-electron chi connectivity index (χ2n) is 4.24. The molecular weight excluding hydrogens is 284 g/mol. The number of nitrogens with zero attached hydrogens (tertiary/aromatic N) is 1. The van der Waals surface area contributed by atoms with E-state index in [1.807, 2.05) is 0 Å². The Morgan fingerprint density at radius 3 is 2.65 bits per heavy atom. The lowest BCUT2D eigenvalue weighted by molar-refractivity contribution is -0.384. The van der Waals surface area contributed by atoms with Crippen molar-refractivity contribution in [2.75, 3.05) is 5.32 Å². The van der Waals surface area contributed by atoms with E-state index in [2.05, 4.69) is 42.0 Å². The molecular formula is C12H17BrN2O2. The zero-order valence-corrected chi connectivity index (χ0v) is 11.8. The van der Waals surface area contributed by atoms with Crippen molar-refractivity contribution in [1.29, 1.82) is 0 Å². The first-order chi connectivity index (χ1) is 7.95. The molecule has 94 valence electrons. The number of nitro benzene ring substituents is 1. The van der Waals surface area contributed by atoms with Crippen molar-refractivity contribution in [1.82, 2.24) is 0 Å². The summed E-state index contributed by atoms with van der Waals surface area (Å²) in [6, 6.07) is 5.02. The standard InChI is InChI=1S/C12H17BrN2O2/c1-4-8(2)9(3)14-12-7-10(15(16)17)5-6-11(12)13/h5-9,14H,4H2,1-3H3. The minimum absolute atomic E-state index is 0.104. The van der Waals surface area contributed by atoms with Gasteiger partial charge in [0.15, 0.2) is 0 Å². The van der Waals surface area contributed by atoms with E-state index in [9.17, 15) is 10.1 Å². The average Bonchev–Trinajstić information content (AvgIpc) is 2.30. The third kappa shape index (κ3) is 3.70. The average molecular weight is 301 g/mol. The topological polar surface area (TPSA) is 55.2 Å². The summed E-state index contributed by atoms with van der Waals surface area (Å²) in [7, 11) is 0. The van der Waals surface area contributed by atoms with E-state index in [0.717, 1.165) is 16.6 Å².